The third kappa shape index (κ3) is 3.31. The number of nitrogens with two attached hydrogens (primary N) is 1. The van der Waals surface area contributed by atoms with Crippen LogP contribution in [0.25, 0.3) is 11.0 Å². The second-order valence-corrected chi connectivity index (χ2v) is 6.91. The van der Waals surface area contributed by atoms with Crippen molar-refractivity contribution in [3.63, 3.8) is 0 Å². The van der Waals surface area contributed by atoms with Gasteiger partial charge in [0, 0.05) is 24.1 Å². The summed E-state index contributed by atoms with van der Waals surface area (Å²) in [6.07, 6.45) is -0.0596. The summed E-state index contributed by atoms with van der Waals surface area (Å²) in [5.74, 6) is 1.69. The predicted molar refractivity (Wildman–Crippen MR) is 108 cm³/mol. The number of ether oxygens (including phenoxy) is 4. The molecule has 2 aliphatic rings. The van der Waals surface area contributed by atoms with Gasteiger partial charge in [0.15, 0.2) is 35.1 Å². The predicted octanol–water partition coefficient (Wildman–Crippen LogP) is 3.09. The van der Waals surface area contributed by atoms with Crippen molar-refractivity contribution < 1.29 is 27.7 Å². The average Bonchev–Trinajstić information content (AvgIpc) is 2.92. The van der Waals surface area contributed by atoms with Crippen molar-refractivity contribution in [2.45, 2.75) is 19.2 Å². The van der Waals surface area contributed by atoms with Crippen molar-refractivity contribution in [1.82, 2.24) is 9.55 Å². The van der Waals surface area contributed by atoms with Crippen molar-refractivity contribution in [2.24, 2.45) is 10.7 Å². The molecule has 0 bridgehead atoms. The first-order valence-electron chi connectivity index (χ1n) is 9.58. The molecule has 0 fully saturated rings. The highest BCUT2D eigenvalue weighted by molar-refractivity contribution is 5.95. The molecule has 0 amide bonds. The molecule has 0 radical (unpaired) electrons. The summed E-state index contributed by atoms with van der Waals surface area (Å²) in [5.41, 5.74) is 7.60. The van der Waals surface area contributed by atoms with E-state index in [1.165, 1.54) is 13.2 Å². The monoisotopic (exact) mass is 431 g/mol. The van der Waals surface area contributed by atoms with Gasteiger partial charge in [-0.1, -0.05) is 12.1 Å². The molecule has 0 spiro atoms. The number of methoxy groups -OCH3 is 1. The van der Waals surface area contributed by atoms with Gasteiger partial charge in [-0.3, -0.25) is 9.88 Å². The second kappa shape index (κ2) is 7.49. The number of benzene rings is 2. The number of alkyl halides is 2. The first-order valence-corrected chi connectivity index (χ1v) is 9.58. The Morgan fingerprint density at radius 1 is 1.23 bits per heavy atom. The van der Waals surface area contributed by atoms with Gasteiger partial charge in [-0.05, 0) is 6.07 Å². The van der Waals surface area contributed by atoms with Crippen LogP contribution in [-0.2, 0) is 0 Å². The van der Waals surface area contributed by atoms with Crippen LogP contribution in [0, 0.1) is 0 Å². The quantitative estimate of drug-likeness (QED) is 0.654. The smallest absolute Gasteiger partial charge is 0.387 e. The van der Waals surface area contributed by atoms with E-state index < -0.39 is 12.8 Å². The van der Waals surface area contributed by atoms with Crippen LogP contribution in [0.15, 0.2) is 35.3 Å². The molecule has 2 aromatic carbocycles. The Balaban J connectivity index is 1.71. The van der Waals surface area contributed by atoms with Gasteiger partial charge in [0.25, 0.3) is 0 Å². The number of hydrogen-bond donors (Lipinski definition) is 2. The Kier molecular flexibility index (Phi) is 4.64. The number of nitrogens with one attached hydrogen (secondary N) is 1. The highest BCUT2D eigenvalue weighted by Crippen LogP contribution is 2.43. The van der Waals surface area contributed by atoms with E-state index in [0.717, 1.165) is 6.42 Å². The Bertz CT molecular complexity index is 1180. The maximum absolute atomic E-state index is 13.2. The highest BCUT2D eigenvalue weighted by atomic mass is 19.3. The number of rotatable bonds is 4. The number of fused-ring (bicyclic) bond motifs is 4. The molecule has 11 heteroatoms. The highest BCUT2D eigenvalue weighted by Gasteiger charge is 2.30. The summed E-state index contributed by atoms with van der Waals surface area (Å²) in [7, 11) is 1.38. The van der Waals surface area contributed by atoms with Gasteiger partial charge in [0.1, 0.15) is 0 Å². The molecule has 3 aromatic rings. The van der Waals surface area contributed by atoms with Crippen molar-refractivity contribution >= 4 is 22.9 Å². The summed E-state index contributed by atoms with van der Waals surface area (Å²) in [4.78, 5) is 9.03. The lowest BCUT2D eigenvalue weighted by Gasteiger charge is -2.26. The maximum atomic E-state index is 13.2. The third-order valence-corrected chi connectivity index (χ3v) is 5.02. The van der Waals surface area contributed by atoms with Gasteiger partial charge in [-0.25, -0.2) is 9.98 Å². The lowest BCUT2D eigenvalue weighted by molar-refractivity contribution is -0.0520. The zero-order chi connectivity index (χ0) is 21.5. The minimum Gasteiger partial charge on any atom is -0.493 e. The molecular weight excluding hydrogens is 412 g/mol. The van der Waals surface area contributed by atoms with E-state index in [4.69, 9.17) is 24.7 Å². The van der Waals surface area contributed by atoms with Crippen LogP contribution in [0.1, 0.15) is 18.2 Å². The summed E-state index contributed by atoms with van der Waals surface area (Å²) >= 11 is 0. The van der Waals surface area contributed by atoms with Crippen LogP contribution in [0.4, 0.5) is 14.7 Å². The lowest BCUT2D eigenvalue weighted by atomic mass is 10.1. The molecular formula is C20H19F2N5O4. The molecule has 0 saturated carbocycles. The zero-order valence-corrected chi connectivity index (χ0v) is 16.5. The molecule has 2 aliphatic heterocycles. The summed E-state index contributed by atoms with van der Waals surface area (Å²) in [6.45, 7) is -1.98. The molecule has 1 atom stereocenters. The van der Waals surface area contributed by atoms with Crippen LogP contribution >= 0.6 is 0 Å². The maximum Gasteiger partial charge on any atom is 0.387 e. The van der Waals surface area contributed by atoms with Gasteiger partial charge >= 0.3 is 6.61 Å². The number of para-hydroxylation sites is 1. The number of aromatic nitrogens is 2. The van der Waals surface area contributed by atoms with E-state index in [2.05, 4.69) is 15.3 Å². The van der Waals surface area contributed by atoms with E-state index in [0.29, 0.717) is 47.3 Å². The van der Waals surface area contributed by atoms with Crippen molar-refractivity contribution in [3.05, 3.63) is 35.9 Å². The molecule has 1 unspecified atom stereocenters. The van der Waals surface area contributed by atoms with E-state index in [-0.39, 0.29) is 17.5 Å². The molecule has 3 N–H and O–H groups in total. The van der Waals surface area contributed by atoms with Crippen LogP contribution in [0.5, 0.6) is 23.0 Å². The first kappa shape index (κ1) is 19.2. The zero-order valence-electron chi connectivity index (χ0n) is 16.5. The SMILES string of the molecule is COc1cccc(C2N=C(N)Nc3nc4cc5c(cc4n32)OCCCO5)c1OC(F)F. The van der Waals surface area contributed by atoms with Gasteiger partial charge in [-0.15, -0.1) is 0 Å². The Morgan fingerprint density at radius 3 is 2.74 bits per heavy atom. The molecule has 162 valence electrons. The van der Waals surface area contributed by atoms with E-state index in [1.54, 1.807) is 28.8 Å². The number of hydrogen-bond acceptors (Lipinski definition) is 8. The molecule has 31 heavy (non-hydrogen) atoms. The standard InChI is InChI=1S/C20H19F2N5O4/c1-28-13-5-2-4-10(16(13)31-18(21)22)17-25-19(23)26-20-24-11-8-14-15(9-12(11)27(17)20)30-7-3-6-29-14/h2,4-5,8-9,17-18H,3,6-7H2,1H3,(H3,23,24,25,26). The Morgan fingerprint density at radius 2 is 2.00 bits per heavy atom. The van der Waals surface area contributed by atoms with Gasteiger partial charge < -0.3 is 24.7 Å². The van der Waals surface area contributed by atoms with E-state index in [1.807, 2.05) is 0 Å². The lowest BCUT2D eigenvalue weighted by Crippen LogP contribution is -2.31. The summed E-state index contributed by atoms with van der Waals surface area (Å²) in [5, 5.41) is 2.92. The fourth-order valence-corrected chi connectivity index (χ4v) is 3.74. The molecule has 5 rings (SSSR count). The minimum absolute atomic E-state index is 0.0905. The Labute approximate surface area is 175 Å². The fourth-order valence-electron chi connectivity index (χ4n) is 3.74. The van der Waals surface area contributed by atoms with Gasteiger partial charge in [0.05, 0.1) is 31.4 Å². The number of guanidine groups is 1. The van der Waals surface area contributed by atoms with E-state index in [9.17, 15) is 8.78 Å². The largest absolute Gasteiger partial charge is 0.493 e. The molecule has 0 saturated heterocycles. The molecule has 3 heterocycles. The normalized spacial score (nSPS) is 17.5. The third-order valence-electron chi connectivity index (χ3n) is 5.02. The Hall–Kier alpha value is -3.76. The minimum atomic E-state index is -3.04. The molecule has 1 aromatic heterocycles. The number of nitrogens with zero attached hydrogens (tertiary/aromatic N) is 3. The van der Waals surface area contributed by atoms with Crippen molar-refractivity contribution in [2.75, 3.05) is 25.6 Å². The van der Waals surface area contributed by atoms with Crippen LogP contribution in [0.3, 0.4) is 0 Å². The number of anilines is 1. The number of aliphatic imine (C=N–C) groups is 1. The van der Waals surface area contributed by atoms with Crippen LogP contribution in [0.2, 0.25) is 0 Å². The summed E-state index contributed by atoms with van der Waals surface area (Å²) < 4.78 is 49.7. The molecule has 0 aliphatic carbocycles. The molecule has 9 nitrogen and oxygen atoms in total. The van der Waals surface area contributed by atoms with Crippen molar-refractivity contribution in [1.29, 1.82) is 0 Å². The topological polar surface area (TPSA) is 105 Å². The second-order valence-electron chi connectivity index (χ2n) is 6.91. The fraction of sp³-hybridized carbons (Fsp3) is 0.300. The summed E-state index contributed by atoms with van der Waals surface area (Å²) in [6, 6.07) is 8.41. The number of halogens is 2. The average molecular weight is 431 g/mol. The van der Waals surface area contributed by atoms with Gasteiger partial charge in [0.2, 0.25) is 5.95 Å². The van der Waals surface area contributed by atoms with Crippen molar-refractivity contribution in [3.8, 4) is 23.0 Å². The van der Waals surface area contributed by atoms with E-state index >= 15 is 0 Å². The number of imidazole rings is 1. The van der Waals surface area contributed by atoms with Gasteiger partial charge in [-0.2, -0.15) is 8.78 Å². The van der Waals surface area contributed by atoms with Crippen LogP contribution < -0.4 is 30.0 Å². The van der Waals surface area contributed by atoms with Crippen LogP contribution in [-0.4, -0.2) is 42.4 Å². The first-order chi connectivity index (χ1) is 15.0.